The van der Waals surface area contributed by atoms with Gasteiger partial charge in [-0.1, -0.05) is 69.5 Å². The van der Waals surface area contributed by atoms with Crippen molar-refractivity contribution in [1.29, 1.82) is 0 Å². The van der Waals surface area contributed by atoms with Crippen LogP contribution in [0.15, 0.2) is 24.3 Å². The average Bonchev–Trinajstić information content (AvgIpc) is 3.00. The highest BCUT2D eigenvalue weighted by Crippen LogP contribution is 2.33. The minimum Gasteiger partial charge on any atom is -0.508 e. The van der Waals surface area contributed by atoms with Gasteiger partial charge in [0.1, 0.15) is 11.4 Å². The first-order chi connectivity index (χ1) is 11.3. The highest BCUT2D eigenvalue weighted by atomic mass is 16.6. The van der Waals surface area contributed by atoms with Crippen molar-refractivity contribution in [2.45, 2.75) is 114 Å². The summed E-state index contributed by atoms with van der Waals surface area (Å²) >= 11 is 0. The third-order valence-electron chi connectivity index (χ3n) is 5.10. The number of hydrogen-bond donors (Lipinski definition) is 1. The standard InChI is InChI=1S/C11H20O2.C10H14O.4CH4/c1-4-9(2)10(12)13-11(3)7-5-6-8-11;1-3-8(2)9-4-6-10(11)7-5-9;;;;/h9H,4-8H2,1-3H3;4-8,11H,3H2,1-2H3;4*1H4. The number of phenolic OH excluding ortho intramolecular Hbond substituents is 1. The second-order valence-corrected chi connectivity index (χ2v) is 7.29. The van der Waals surface area contributed by atoms with Crippen LogP contribution in [0.2, 0.25) is 0 Å². The van der Waals surface area contributed by atoms with Crippen LogP contribution in [0.4, 0.5) is 0 Å². The third-order valence-corrected chi connectivity index (χ3v) is 5.10. The normalized spacial score (nSPS) is 15.6. The van der Waals surface area contributed by atoms with E-state index < -0.39 is 0 Å². The molecule has 0 bridgehead atoms. The van der Waals surface area contributed by atoms with Crippen LogP contribution in [0.25, 0.3) is 0 Å². The van der Waals surface area contributed by atoms with Crippen molar-refractivity contribution in [3.63, 3.8) is 0 Å². The van der Waals surface area contributed by atoms with Gasteiger partial charge in [-0.25, -0.2) is 0 Å². The van der Waals surface area contributed by atoms with E-state index in [9.17, 15) is 4.79 Å². The molecule has 0 aromatic heterocycles. The predicted molar refractivity (Wildman–Crippen MR) is 126 cm³/mol. The van der Waals surface area contributed by atoms with Crippen molar-refractivity contribution in [1.82, 2.24) is 0 Å². The molecule has 3 heteroatoms. The molecule has 2 atom stereocenters. The fourth-order valence-corrected chi connectivity index (χ4v) is 2.77. The van der Waals surface area contributed by atoms with E-state index in [1.54, 1.807) is 12.1 Å². The summed E-state index contributed by atoms with van der Waals surface area (Å²) in [5, 5.41) is 9.01. The first-order valence-corrected chi connectivity index (χ1v) is 9.33. The second-order valence-electron chi connectivity index (χ2n) is 7.29. The Bertz CT molecular complexity index is 487. The van der Waals surface area contributed by atoms with E-state index in [0.29, 0.717) is 11.7 Å². The van der Waals surface area contributed by atoms with E-state index in [2.05, 4.69) is 20.8 Å². The summed E-state index contributed by atoms with van der Waals surface area (Å²) in [5.41, 5.74) is 1.14. The van der Waals surface area contributed by atoms with Gasteiger partial charge >= 0.3 is 5.97 Å². The Morgan fingerprint density at radius 2 is 1.46 bits per heavy atom. The van der Waals surface area contributed by atoms with Crippen LogP contribution in [-0.4, -0.2) is 16.7 Å². The number of rotatable bonds is 5. The molecule has 0 aliphatic heterocycles. The summed E-state index contributed by atoms with van der Waals surface area (Å²) in [6.45, 7) is 10.4. The van der Waals surface area contributed by atoms with Crippen LogP contribution in [0.1, 0.15) is 114 Å². The minimum absolute atomic E-state index is 0. The van der Waals surface area contributed by atoms with Gasteiger partial charge in [-0.2, -0.15) is 0 Å². The molecule has 0 heterocycles. The molecule has 1 N–H and O–H groups in total. The van der Waals surface area contributed by atoms with Gasteiger partial charge in [0, 0.05) is 0 Å². The summed E-state index contributed by atoms with van der Waals surface area (Å²) < 4.78 is 5.51. The molecule has 0 saturated heterocycles. The number of esters is 1. The molecule has 0 amide bonds. The third kappa shape index (κ3) is 11.4. The Labute approximate surface area is 176 Å². The number of phenols is 1. The van der Waals surface area contributed by atoms with Crippen molar-refractivity contribution in [2.24, 2.45) is 5.92 Å². The molecule has 1 saturated carbocycles. The second kappa shape index (κ2) is 16.4. The largest absolute Gasteiger partial charge is 0.508 e. The Balaban J connectivity index is -0.000000182. The molecule has 1 fully saturated rings. The Morgan fingerprint density at radius 1 is 1.00 bits per heavy atom. The number of aromatic hydroxyl groups is 1. The van der Waals surface area contributed by atoms with Crippen molar-refractivity contribution >= 4 is 5.97 Å². The number of benzene rings is 1. The van der Waals surface area contributed by atoms with Gasteiger partial charge in [0.2, 0.25) is 0 Å². The van der Waals surface area contributed by atoms with Crippen LogP contribution >= 0.6 is 0 Å². The highest BCUT2D eigenvalue weighted by molar-refractivity contribution is 5.72. The zero-order valence-corrected chi connectivity index (χ0v) is 16.0. The van der Waals surface area contributed by atoms with E-state index in [4.69, 9.17) is 9.84 Å². The predicted octanol–water partition coefficient (Wildman–Crippen LogP) is 8.36. The Hall–Kier alpha value is -1.51. The molecular formula is C25H50O3. The summed E-state index contributed by atoms with van der Waals surface area (Å²) in [7, 11) is 0. The first kappa shape index (κ1) is 34.0. The maximum atomic E-state index is 11.5. The van der Waals surface area contributed by atoms with Crippen LogP contribution in [0.5, 0.6) is 5.75 Å². The van der Waals surface area contributed by atoms with E-state index in [1.807, 2.05) is 26.0 Å². The highest BCUT2D eigenvalue weighted by Gasteiger charge is 2.33. The zero-order valence-electron chi connectivity index (χ0n) is 16.0. The molecule has 28 heavy (non-hydrogen) atoms. The molecule has 1 aromatic rings. The maximum Gasteiger partial charge on any atom is 0.309 e. The molecule has 2 unspecified atom stereocenters. The lowest BCUT2D eigenvalue weighted by Gasteiger charge is -2.25. The quantitative estimate of drug-likeness (QED) is 0.507. The molecular weight excluding hydrogens is 348 g/mol. The molecule has 1 aromatic carbocycles. The van der Waals surface area contributed by atoms with Crippen LogP contribution in [0, 0.1) is 5.92 Å². The van der Waals surface area contributed by atoms with Crippen molar-refractivity contribution < 1.29 is 14.6 Å². The van der Waals surface area contributed by atoms with Crippen molar-refractivity contribution in [2.75, 3.05) is 0 Å². The first-order valence-electron chi connectivity index (χ1n) is 9.33. The monoisotopic (exact) mass is 398 g/mol. The smallest absolute Gasteiger partial charge is 0.309 e. The van der Waals surface area contributed by atoms with Gasteiger partial charge in [-0.05, 0) is 69.1 Å². The SMILES string of the molecule is C.C.C.C.CCC(C)C(=O)OC1(C)CCCC1.CCC(C)c1ccc(O)cc1. The zero-order chi connectivity index (χ0) is 18.2. The number of hydrogen-bond acceptors (Lipinski definition) is 3. The van der Waals surface area contributed by atoms with Crippen LogP contribution < -0.4 is 0 Å². The lowest BCUT2D eigenvalue weighted by atomic mass is 9.99. The number of ether oxygens (including phenoxy) is 1. The topological polar surface area (TPSA) is 46.5 Å². The number of carbonyl (C=O) groups excluding carboxylic acids is 1. The molecule has 3 nitrogen and oxygen atoms in total. The Kier molecular flexibility index (Phi) is 20.0. The summed E-state index contributed by atoms with van der Waals surface area (Å²) in [6, 6.07) is 7.43. The van der Waals surface area contributed by atoms with E-state index in [1.165, 1.54) is 18.4 Å². The number of carbonyl (C=O) groups is 1. The fourth-order valence-electron chi connectivity index (χ4n) is 2.77. The molecule has 168 valence electrons. The van der Waals surface area contributed by atoms with Gasteiger partial charge in [-0.15, -0.1) is 0 Å². The van der Waals surface area contributed by atoms with Crippen molar-refractivity contribution in [3.05, 3.63) is 29.8 Å². The molecule has 0 radical (unpaired) electrons. The Morgan fingerprint density at radius 3 is 1.86 bits per heavy atom. The molecule has 1 aliphatic rings. The van der Waals surface area contributed by atoms with Crippen LogP contribution in [-0.2, 0) is 9.53 Å². The van der Waals surface area contributed by atoms with E-state index >= 15 is 0 Å². The maximum absolute atomic E-state index is 11.5. The van der Waals surface area contributed by atoms with Gasteiger partial charge in [-0.3, -0.25) is 4.79 Å². The average molecular weight is 399 g/mol. The van der Waals surface area contributed by atoms with E-state index in [0.717, 1.165) is 25.7 Å². The molecule has 1 aliphatic carbocycles. The van der Waals surface area contributed by atoms with Gasteiger partial charge in [0.25, 0.3) is 0 Å². The minimum atomic E-state index is -0.152. The summed E-state index contributed by atoms with van der Waals surface area (Å²) in [5.74, 6) is 0.969. The fraction of sp³-hybridized carbons (Fsp3) is 0.720. The molecule has 0 spiro atoms. The summed E-state index contributed by atoms with van der Waals surface area (Å²) in [4.78, 5) is 11.5. The lowest BCUT2D eigenvalue weighted by Crippen LogP contribution is -2.30. The van der Waals surface area contributed by atoms with Crippen LogP contribution in [0.3, 0.4) is 0 Å². The van der Waals surface area contributed by atoms with Gasteiger partial charge in [0.05, 0.1) is 5.92 Å². The van der Waals surface area contributed by atoms with Crippen molar-refractivity contribution in [3.8, 4) is 5.75 Å². The molecule has 2 rings (SSSR count). The lowest BCUT2D eigenvalue weighted by molar-refractivity contribution is -0.162. The summed E-state index contributed by atoms with van der Waals surface area (Å²) in [6.07, 6.45) is 6.48. The van der Waals surface area contributed by atoms with Gasteiger partial charge in [0.15, 0.2) is 0 Å². The van der Waals surface area contributed by atoms with Gasteiger partial charge < -0.3 is 9.84 Å². The van der Waals surface area contributed by atoms with E-state index in [-0.39, 0.29) is 47.2 Å².